The first-order chi connectivity index (χ1) is 12.5. The largest absolute Gasteiger partial charge is 0.505 e. The number of phenols is 1. The van der Waals surface area contributed by atoms with E-state index in [1.165, 1.54) is 4.80 Å². The standard InChI is InChI=1S/C19H16N3O3.W/c1-4-13-9-14(11-25-19(24)12(2)3)18(23)17(10-13)22-20-15-7-5-6-8-16(15)21-22;/h4-5,7-10,23H,1-2,11H2,3H3;/q-1;/i1D;. The molecule has 0 amide bonds. The number of nitrogens with zero attached hydrogens (tertiary/aromatic N) is 3. The second kappa shape index (κ2) is 8.10. The van der Waals surface area contributed by atoms with Crippen molar-refractivity contribution in [1.29, 1.82) is 0 Å². The van der Waals surface area contributed by atoms with Crippen molar-refractivity contribution in [2.45, 2.75) is 13.5 Å². The Kier molecular flexibility index (Phi) is 5.64. The number of carbonyl (C=O) groups excluding carboxylic acids is 1. The third kappa shape index (κ3) is 3.91. The van der Waals surface area contributed by atoms with Crippen molar-refractivity contribution in [3.8, 4) is 11.4 Å². The third-order valence-electron chi connectivity index (χ3n) is 3.53. The van der Waals surface area contributed by atoms with Crippen molar-refractivity contribution in [2.75, 3.05) is 0 Å². The van der Waals surface area contributed by atoms with E-state index in [-0.39, 0.29) is 39.0 Å². The fourth-order valence-corrected chi connectivity index (χ4v) is 2.24. The molecule has 0 atom stereocenters. The van der Waals surface area contributed by atoms with Gasteiger partial charge in [-0.05, 0) is 24.6 Å². The van der Waals surface area contributed by atoms with Crippen LogP contribution in [0.3, 0.4) is 0 Å². The van der Waals surface area contributed by atoms with Crippen molar-refractivity contribution in [3.05, 3.63) is 66.2 Å². The molecule has 0 bridgehead atoms. The van der Waals surface area contributed by atoms with Gasteiger partial charge in [-0.1, -0.05) is 19.2 Å². The minimum absolute atomic E-state index is 0. The van der Waals surface area contributed by atoms with E-state index in [9.17, 15) is 9.90 Å². The SMILES string of the molecule is [2H]C=Cc1cc(COC(=O)C(=C)C)c(O)c(-n2nc3c[c-]ccc3n2)c1.[W]. The maximum absolute atomic E-state index is 11.6. The summed E-state index contributed by atoms with van der Waals surface area (Å²) in [6.07, 6.45) is 1.55. The Hall–Kier alpha value is -2.72. The second-order valence-electron chi connectivity index (χ2n) is 5.48. The number of hydrogen-bond donors (Lipinski definition) is 1. The van der Waals surface area contributed by atoms with Crippen LogP contribution in [0.15, 0.2) is 49.0 Å². The van der Waals surface area contributed by atoms with Gasteiger partial charge in [-0.3, -0.25) is 0 Å². The van der Waals surface area contributed by atoms with Gasteiger partial charge in [0.2, 0.25) is 0 Å². The van der Waals surface area contributed by atoms with Crippen LogP contribution < -0.4 is 0 Å². The van der Waals surface area contributed by atoms with E-state index in [2.05, 4.69) is 22.8 Å². The van der Waals surface area contributed by atoms with Crippen molar-refractivity contribution in [1.82, 2.24) is 15.0 Å². The molecule has 132 valence electrons. The summed E-state index contributed by atoms with van der Waals surface area (Å²) in [5.74, 6) is -0.656. The van der Waals surface area contributed by atoms with Crippen LogP contribution in [0.5, 0.6) is 5.75 Å². The van der Waals surface area contributed by atoms with Gasteiger partial charge < -0.3 is 9.84 Å². The summed E-state index contributed by atoms with van der Waals surface area (Å²) in [6, 6.07) is 11.4. The van der Waals surface area contributed by atoms with E-state index in [0.717, 1.165) is 6.55 Å². The van der Waals surface area contributed by atoms with Crippen LogP contribution in [0.4, 0.5) is 0 Å². The van der Waals surface area contributed by atoms with Gasteiger partial charge in [-0.15, -0.1) is 12.1 Å². The van der Waals surface area contributed by atoms with Crippen LogP contribution in [0, 0.1) is 6.07 Å². The molecule has 7 heteroatoms. The number of fused-ring (bicyclic) bond motifs is 1. The quantitative estimate of drug-likeness (QED) is 0.319. The van der Waals surface area contributed by atoms with Gasteiger partial charge in [-0.25, -0.2) is 9.89 Å². The van der Waals surface area contributed by atoms with Crippen LogP contribution in [0.1, 0.15) is 19.4 Å². The van der Waals surface area contributed by atoms with Gasteiger partial charge in [0.15, 0.2) is 0 Å². The van der Waals surface area contributed by atoms with Crippen molar-refractivity contribution < 1.29 is 37.1 Å². The van der Waals surface area contributed by atoms with E-state index in [0.29, 0.717) is 27.8 Å². The van der Waals surface area contributed by atoms with Crippen molar-refractivity contribution >= 4 is 23.1 Å². The summed E-state index contributed by atoms with van der Waals surface area (Å²) >= 11 is 0. The number of aromatic nitrogens is 3. The van der Waals surface area contributed by atoms with Gasteiger partial charge in [0.1, 0.15) is 18.0 Å². The number of esters is 1. The van der Waals surface area contributed by atoms with Crippen LogP contribution in [-0.4, -0.2) is 26.1 Å². The number of carbonyl (C=O) groups is 1. The molecule has 0 saturated heterocycles. The van der Waals surface area contributed by atoms with E-state index < -0.39 is 5.97 Å². The number of hydrogen-bond acceptors (Lipinski definition) is 5. The van der Waals surface area contributed by atoms with Gasteiger partial charge in [-0.2, -0.15) is 22.0 Å². The fraction of sp³-hybridized carbons (Fsp3) is 0.105. The fourth-order valence-electron chi connectivity index (χ4n) is 2.24. The Bertz CT molecular complexity index is 997. The molecule has 0 fully saturated rings. The second-order valence-corrected chi connectivity index (χ2v) is 5.48. The number of rotatable bonds is 5. The van der Waals surface area contributed by atoms with E-state index in [1.54, 1.807) is 43.3 Å². The molecule has 0 radical (unpaired) electrons. The molecular weight excluding hydrogens is 502 g/mol. The normalized spacial score (nSPS) is 11.2. The molecule has 0 saturated carbocycles. The molecule has 26 heavy (non-hydrogen) atoms. The smallest absolute Gasteiger partial charge is 0.333 e. The molecule has 3 aromatic rings. The molecule has 1 heterocycles. The first-order valence-electron chi connectivity index (χ1n) is 8.04. The Morgan fingerprint density at radius 2 is 2.23 bits per heavy atom. The molecule has 0 unspecified atom stereocenters. The van der Waals surface area contributed by atoms with E-state index in [1.807, 2.05) is 0 Å². The van der Waals surface area contributed by atoms with Crippen molar-refractivity contribution in [2.24, 2.45) is 0 Å². The molecule has 3 rings (SSSR count). The van der Waals surface area contributed by atoms with Crippen LogP contribution in [0.25, 0.3) is 22.8 Å². The first kappa shape index (κ1) is 18.1. The molecule has 0 spiro atoms. The first-order valence-corrected chi connectivity index (χ1v) is 7.46. The van der Waals surface area contributed by atoms with Gasteiger partial charge in [0.25, 0.3) is 0 Å². The summed E-state index contributed by atoms with van der Waals surface area (Å²) in [4.78, 5) is 12.9. The summed E-state index contributed by atoms with van der Waals surface area (Å²) in [6.45, 7) is 6.06. The summed E-state index contributed by atoms with van der Waals surface area (Å²) in [5, 5.41) is 19.3. The molecule has 1 N–H and O–H groups in total. The molecule has 0 aliphatic heterocycles. The van der Waals surface area contributed by atoms with Gasteiger partial charge in [0.05, 0.1) is 1.37 Å². The zero-order valence-corrected chi connectivity index (χ0v) is 16.9. The van der Waals surface area contributed by atoms with E-state index >= 15 is 0 Å². The Balaban J connectivity index is 0.00000261. The molecule has 0 aliphatic carbocycles. The molecule has 1 aromatic heterocycles. The summed E-state index contributed by atoms with van der Waals surface area (Å²) in [5.41, 5.74) is 2.88. The number of aromatic hydroxyl groups is 1. The number of ether oxygens (including phenoxy) is 1. The van der Waals surface area contributed by atoms with Crippen LogP contribution >= 0.6 is 0 Å². The maximum Gasteiger partial charge on any atom is 0.333 e. The van der Waals surface area contributed by atoms with E-state index in [4.69, 9.17) is 6.11 Å². The minimum atomic E-state index is -0.550. The average molecular weight is 519 g/mol. The Labute approximate surface area is 166 Å². The van der Waals surface area contributed by atoms with Gasteiger partial charge in [0, 0.05) is 43.2 Å². The van der Waals surface area contributed by atoms with Crippen LogP contribution in [0.2, 0.25) is 0 Å². The number of benzene rings is 2. The zero-order valence-electron chi connectivity index (χ0n) is 15.0. The average Bonchev–Trinajstić information content (AvgIpc) is 3.05. The zero-order chi connectivity index (χ0) is 18.7. The molecule has 6 nitrogen and oxygen atoms in total. The molecule has 2 aromatic carbocycles. The molecular formula is C19H16N3O3W-. The predicted molar refractivity (Wildman–Crippen MR) is 94.1 cm³/mol. The van der Waals surface area contributed by atoms with Gasteiger partial charge >= 0.3 is 5.97 Å². The summed E-state index contributed by atoms with van der Waals surface area (Å²) < 4.78 is 12.4. The maximum atomic E-state index is 11.6. The number of phenolic OH excluding ortho intramolecular Hbond substituents is 1. The minimum Gasteiger partial charge on any atom is -0.505 e. The monoisotopic (exact) mass is 519 g/mol. The predicted octanol–water partition coefficient (Wildman–Crippen LogP) is 3.19. The molecule has 0 aliphatic rings. The van der Waals surface area contributed by atoms with Crippen LogP contribution in [-0.2, 0) is 37.2 Å². The Morgan fingerprint density at radius 1 is 1.46 bits per heavy atom. The third-order valence-corrected chi connectivity index (χ3v) is 3.53. The van der Waals surface area contributed by atoms with Crippen molar-refractivity contribution in [3.63, 3.8) is 0 Å². The Morgan fingerprint density at radius 3 is 2.92 bits per heavy atom. The topological polar surface area (TPSA) is 77.2 Å². The summed E-state index contributed by atoms with van der Waals surface area (Å²) in [7, 11) is 0.